The minimum absolute atomic E-state index is 0.130. The average molecular weight is 326 g/mol. The summed E-state index contributed by atoms with van der Waals surface area (Å²) in [5.74, 6) is 1.40. The number of fused-ring (bicyclic) bond motifs is 1. The molecule has 0 saturated carbocycles. The van der Waals surface area contributed by atoms with Crippen LogP contribution in [0.3, 0.4) is 0 Å². The van der Waals surface area contributed by atoms with Crippen molar-refractivity contribution in [2.45, 2.75) is 0 Å². The van der Waals surface area contributed by atoms with Crippen LogP contribution in [0, 0.1) is 0 Å². The lowest BCUT2D eigenvalue weighted by Crippen LogP contribution is -2.21. The smallest absolute Gasteiger partial charge is 0.161 e. The summed E-state index contributed by atoms with van der Waals surface area (Å²) in [4.78, 5) is 9.90. The standard InChI is InChI=1S/C18H22N4O2/c1-22(2)9-8-19-17-11-14(13-6-7-20-18(13)21-17)12-4-5-15(23)16(10-12)24-3/h4-7,10-11,23H,8-9H2,1-3H3,(H2,19,20,21). The first-order chi connectivity index (χ1) is 11.6. The van der Waals surface area contributed by atoms with Crippen molar-refractivity contribution in [2.24, 2.45) is 0 Å². The lowest BCUT2D eigenvalue weighted by Gasteiger charge is -2.13. The van der Waals surface area contributed by atoms with Crippen LogP contribution in [0.15, 0.2) is 36.5 Å². The van der Waals surface area contributed by atoms with Gasteiger partial charge in [0.25, 0.3) is 0 Å². The number of ether oxygens (including phenoxy) is 1. The number of anilines is 1. The minimum Gasteiger partial charge on any atom is -0.504 e. The number of rotatable bonds is 6. The molecule has 0 bridgehead atoms. The van der Waals surface area contributed by atoms with E-state index in [1.54, 1.807) is 13.2 Å². The van der Waals surface area contributed by atoms with E-state index in [4.69, 9.17) is 4.74 Å². The fraction of sp³-hybridized carbons (Fsp3) is 0.278. The van der Waals surface area contributed by atoms with Gasteiger partial charge >= 0.3 is 0 Å². The highest BCUT2D eigenvalue weighted by Gasteiger charge is 2.11. The van der Waals surface area contributed by atoms with Crippen LogP contribution >= 0.6 is 0 Å². The summed E-state index contributed by atoms with van der Waals surface area (Å²) in [6.07, 6.45) is 1.88. The normalized spacial score (nSPS) is 11.2. The predicted octanol–water partition coefficient (Wildman–Crippen LogP) is 2.92. The number of aromatic hydroxyl groups is 1. The van der Waals surface area contributed by atoms with Gasteiger partial charge in [-0.1, -0.05) is 6.07 Å². The number of methoxy groups -OCH3 is 1. The van der Waals surface area contributed by atoms with E-state index in [1.165, 1.54) is 0 Å². The average Bonchev–Trinajstić information content (AvgIpc) is 3.03. The Morgan fingerprint density at radius 1 is 1.25 bits per heavy atom. The van der Waals surface area contributed by atoms with E-state index in [-0.39, 0.29) is 5.75 Å². The van der Waals surface area contributed by atoms with Gasteiger partial charge in [0.05, 0.1) is 7.11 Å². The number of pyridine rings is 1. The highest BCUT2D eigenvalue weighted by Crippen LogP contribution is 2.35. The zero-order chi connectivity index (χ0) is 17.1. The Hall–Kier alpha value is -2.73. The Balaban J connectivity index is 2.01. The van der Waals surface area contributed by atoms with Gasteiger partial charge < -0.3 is 25.0 Å². The van der Waals surface area contributed by atoms with E-state index in [2.05, 4.69) is 20.2 Å². The fourth-order valence-corrected chi connectivity index (χ4v) is 2.62. The van der Waals surface area contributed by atoms with Crippen molar-refractivity contribution in [3.05, 3.63) is 36.5 Å². The van der Waals surface area contributed by atoms with Crippen LogP contribution in [0.4, 0.5) is 5.82 Å². The Morgan fingerprint density at radius 3 is 2.83 bits per heavy atom. The number of H-pyrrole nitrogens is 1. The van der Waals surface area contributed by atoms with Crippen molar-refractivity contribution in [3.63, 3.8) is 0 Å². The highest BCUT2D eigenvalue weighted by molar-refractivity contribution is 5.95. The molecule has 0 saturated heterocycles. The maximum atomic E-state index is 9.82. The summed E-state index contributed by atoms with van der Waals surface area (Å²) in [6, 6.07) is 9.38. The number of hydrogen-bond acceptors (Lipinski definition) is 5. The van der Waals surface area contributed by atoms with E-state index in [0.717, 1.165) is 41.1 Å². The molecule has 0 spiro atoms. The second kappa shape index (κ2) is 6.80. The lowest BCUT2D eigenvalue weighted by molar-refractivity contribution is 0.373. The van der Waals surface area contributed by atoms with Crippen molar-refractivity contribution in [3.8, 4) is 22.6 Å². The van der Waals surface area contributed by atoms with Gasteiger partial charge in [-0.2, -0.15) is 0 Å². The Morgan fingerprint density at radius 2 is 2.08 bits per heavy atom. The van der Waals surface area contributed by atoms with Gasteiger partial charge in [-0.3, -0.25) is 0 Å². The summed E-state index contributed by atoms with van der Waals surface area (Å²) in [7, 11) is 5.63. The quantitative estimate of drug-likeness (QED) is 0.649. The Bertz CT molecular complexity index is 842. The molecule has 24 heavy (non-hydrogen) atoms. The van der Waals surface area contributed by atoms with Gasteiger partial charge in [0.2, 0.25) is 0 Å². The summed E-state index contributed by atoms with van der Waals surface area (Å²) in [5.41, 5.74) is 2.83. The van der Waals surface area contributed by atoms with Gasteiger partial charge in [-0.25, -0.2) is 4.98 Å². The molecule has 3 aromatic rings. The summed E-state index contributed by atoms with van der Waals surface area (Å²) < 4.78 is 5.23. The number of nitrogens with zero attached hydrogens (tertiary/aromatic N) is 2. The second-order valence-corrected chi connectivity index (χ2v) is 5.91. The first-order valence-corrected chi connectivity index (χ1v) is 7.82. The van der Waals surface area contributed by atoms with Crippen LogP contribution in [0.25, 0.3) is 22.2 Å². The van der Waals surface area contributed by atoms with Crippen molar-refractivity contribution in [2.75, 3.05) is 39.6 Å². The zero-order valence-electron chi connectivity index (χ0n) is 14.1. The van der Waals surface area contributed by atoms with E-state index < -0.39 is 0 Å². The number of aromatic amines is 1. The van der Waals surface area contributed by atoms with E-state index in [1.807, 2.05) is 44.6 Å². The van der Waals surface area contributed by atoms with Crippen LogP contribution in [0.5, 0.6) is 11.5 Å². The van der Waals surface area contributed by atoms with E-state index in [9.17, 15) is 5.11 Å². The third kappa shape index (κ3) is 3.28. The van der Waals surface area contributed by atoms with Crippen LogP contribution in [0.1, 0.15) is 0 Å². The minimum atomic E-state index is 0.130. The molecular formula is C18H22N4O2. The predicted molar refractivity (Wildman–Crippen MR) is 96.8 cm³/mol. The molecule has 2 heterocycles. The topological polar surface area (TPSA) is 73.4 Å². The van der Waals surface area contributed by atoms with Crippen molar-refractivity contribution >= 4 is 16.9 Å². The molecule has 2 aromatic heterocycles. The number of benzene rings is 1. The molecular weight excluding hydrogens is 304 g/mol. The molecule has 6 nitrogen and oxygen atoms in total. The monoisotopic (exact) mass is 326 g/mol. The van der Waals surface area contributed by atoms with Crippen molar-refractivity contribution in [1.29, 1.82) is 0 Å². The maximum Gasteiger partial charge on any atom is 0.161 e. The third-order valence-electron chi connectivity index (χ3n) is 3.88. The molecule has 0 amide bonds. The van der Waals surface area contributed by atoms with Gasteiger partial charge in [0.1, 0.15) is 11.5 Å². The SMILES string of the molecule is COc1cc(-c2cc(NCCN(C)C)nc3[nH]ccc23)ccc1O. The first-order valence-electron chi connectivity index (χ1n) is 7.82. The largest absolute Gasteiger partial charge is 0.504 e. The zero-order valence-corrected chi connectivity index (χ0v) is 14.1. The molecule has 126 valence electrons. The molecule has 0 aliphatic rings. The van der Waals surface area contributed by atoms with Crippen LogP contribution in [-0.2, 0) is 0 Å². The molecule has 0 atom stereocenters. The number of phenols is 1. The maximum absolute atomic E-state index is 9.82. The van der Waals surface area contributed by atoms with Crippen molar-refractivity contribution < 1.29 is 9.84 Å². The van der Waals surface area contributed by atoms with Crippen LogP contribution in [-0.4, -0.2) is 54.3 Å². The highest BCUT2D eigenvalue weighted by atomic mass is 16.5. The van der Waals surface area contributed by atoms with Gasteiger partial charge in [0.15, 0.2) is 11.5 Å². The molecule has 3 rings (SSSR count). The second-order valence-electron chi connectivity index (χ2n) is 5.91. The molecule has 0 radical (unpaired) electrons. The fourth-order valence-electron chi connectivity index (χ4n) is 2.62. The van der Waals surface area contributed by atoms with Gasteiger partial charge in [-0.15, -0.1) is 0 Å². The van der Waals surface area contributed by atoms with Crippen LogP contribution < -0.4 is 10.1 Å². The Labute approximate surface area is 141 Å². The molecule has 1 aromatic carbocycles. The number of likely N-dealkylation sites (N-methyl/N-ethyl adjacent to an activating group) is 1. The van der Waals surface area contributed by atoms with Crippen molar-refractivity contribution in [1.82, 2.24) is 14.9 Å². The number of aromatic nitrogens is 2. The number of phenolic OH excluding ortho intramolecular Hbond substituents is 1. The molecule has 0 unspecified atom stereocenters. The number of hydrogen-bond donors (Lipinski definition) is 3. The summed E-state index contributed by atoms with van der Waals surface area (Å²) in [5, 5.41) is 14.2. The molecule has 0 fully saturated rings. The molecule has 0 aliphatic carbocycles. The van der Waals surface area contributed by atoms with Gasteiger partial charge in [0, 0.05) is 24.7 Å². The molecule has 6 heteroatoms. The van der Waals surface area contributed by atoms with E-state index >= 15 is 0 Å². The van der Waals surface area contributed by atoms with Gasteiger partial charge in [-0.05, 0) is 49.5 Å². The molecule has 0 aliphatic heterocycles. The molecule has 3 N–H and O–H groups in total. The first kappa shape index (κ1) is 16.1. The summed E-state index contributed by atoms with van der Waals surface area (Å²) >= 11 is 0. The summed E-state index contributed by atoms with van der Waals surface area (Å²) in [6.45, 7) is 1.73. The Kier molecular flexibility index (Phi) is 4.57. The lowest BCUT2D eigenvalue weighted by atomic mass is 10.0. The van der Waals surface area contributed by atoms with E-state index in [0.29, 0.717) is 5.75 Å². The third-order valence-corrected chi connectivity index (χ3v) is 3.88. The number of nitrogens with one attached hydrogen (secondary N) is 2. The van der Waals surface area contributed by atoms with Crippen LogP contribution in [0.2, 0.25) is 0 Å².